The first-order chi connectivity index (χ1) is 7.75. The minimum Gasteiger partial charge on any atom is -0.235 e. The van der Waals surface area contributed by atoms with Gasteiger partial charge in [-0.3, -0.25) is 0 Å². The first kappa shape index (κ1) is 14.6. The SMILES string of the molecule is CC(C)C(C)CNS(=O)(=O)c1c(Br)nnn1C. The van der Waals surface area contributed by atoms with Gasteiger partial charge >= 0.3 is 0 Å². The maximum atomic E-state index is 12.0. The molecule has 0 aliphatic rings. The Bertz CT molecular complexity index is 464. The zero-order valence-electron chi connectivity index (χ0n) is 10.3. The molecule has 0 spiro atoms. The molecule has 0 bridgehead atoms. The molecule has 1 unspecified atom stereocenters. The van der Waals surface area contributed by atoms with Crippen molar-refractivity contribution in [2.24, 2.45) is 18.9 Å². The van der Waals surface area contributed by atoms with Gasteiger partial charge in [0, 0.05) is 13.6 Å². The monoisotopic (exact) mass is 324 g/mol. The Balaban J connectivity index is 2.84. The van der Waals surface area contributed by atoms with Crippen LogP contribution in [0.3, 0.4) is 0 Å². The van der Waals surface area contributed by atoms with E-state index in [0.29, 0.717) is 12.5 Å². The lowest BCUT2D eigenvalue weighted by Crippen LogP contribution is -2.31. The zero-order valence-corrected chi connectivity index (χ0v) is 12.7. The zero-order chi connectivity index (χ0) is 13.2. The van der Waals surface area contributed by atoms with E-state index in [1.54, 1.807) is 0 Å². The third-order valence-electron chi connectivity index (χ3n) is 2.73. The lowest BCUT2D eigenvalue weighted by molar-refractivity contribution is 0.414. The van der Waals surface area contributed by atoms with Crippen LogP contribution in [0.4, 0.5) is 0 Å². The number of hydrogen-bond acceptors (Lipinski definition) is 4. The van der Waals surface area contributed by atoms with Crippen LogP contribution in [0.15, 0.2) is 9.63 Å². The van der Waals surface area contributed by atoms with Gasteiger partial charge in [-0.25, -0.2) is 17.8 Å². The summed E-state index contributed by atoms with van der Waals surface area (Å²) in [6.07, 6.45) is 0. The van der Waals surface area contributed by atoms with Crippen LogP contribution < -0.4 is 4.72 Å². The summed E-state index contributed by atoms with van der Waals surface area (Å²) in [5.41, 5.74) is 0. The van der Waals surface area contributed by atoms with E-state index in [4.69, 9.17) is 0 Å². The maximum Gasteiger partial charge on any atom is 0.260 e. The number of rotatable bonds is 5. The van der Waals surface area contributed by atoms with Crippen molar-refractivity contribution in [3.63, 3.8) is 0 Å². The molecular weight excluding hydrogens is 308 g/mol. The highest BCUT2D eigenvalue weighted by molar-refractivity contribution is 9.10. The van der Waals surface area contributed by atoms with Crippen molar-refractivity contribution >= 4 is 26.0 Å². The van der Waals surface area contributed by atoms with Gasteiger partial charge in [0.1, 0.15) is 0 Å². The molecule has 6 nitrogen and oxygen atoms in total. The molecule has 1 rings (SSSR count). The fourth-order valence-corrected chi connectivity index (χ4v) is 3.39. The van der Waals surface area contributed by atoms with E-state index in [0.717, 1.165) is 0 Å². The highest BCUT2D eigenvalue weighted by Crippen LogP contribution is 2.18. The summed E-state index contributed by atoms with van der Waals surface area (Å²) in [4.78, 5) is 0. The molecule has 17 heavy (non-hydrogen) atoms. The second kappa shape index (κ2) is 5.45. The number of hydrogen-bond donors (Lipinski definition) is 1. The van der Waals surface area contributed by atoms with E-state index in [9.17, 15) is 8.42 Å². The summed E-state index contributed by atoms with van der Waals surface area (Å²) in [6, 6.07) is 0. The molecule has 0 aliphatic heterocycles. The summed E-state index contributed by atoms with van der Waals surface area (Å²) >= 11 is 3.08. The number of aryl methyl sites for hydroxylation is 1. The minimum absolute atomic E-state index is 0.0495. The normalized spacial score (nSPS) is 14.2. The fourth-order valence-electron chi connectivity index (χ4n) is 1.15. The third kappa shape index (κ3) is 3.49. The number of aromatic nitrogens is 3. The molecule has 0 aromatic carbocycles. The van der Waals surface area contributed by atoms with Crippen LogP contribution in [-0.2, 0) is 17.1 Å². The topological polar surface area (TPSA) is 76.9 Å². The van der Waals surface area contributed by atoms with Crippen LogP contribution in [0.25, 0.3) is 0 Å². The standard InChI is InChI=1S/C9H17BrN4O2S/c1-6(2)7(3)5-11-17(15,16)9-8(10)12-13-14(9)4/h6-7,11H,5H2,1-4H3. The van der Waals surface area contributed by atoms with Crippen molar-refractivity contribution in [2.75, 3.05) is 6.54 Å². The summed E-state index contributed by atoms with van der Waals surface area (Å²) < 4.78 is 28.1. The number of nitrogens with one attached hydrogen (secondary N) is 1. The molecule has 0 fully saturated rings. The molecule has 1 aromatic heterocycles. The largest absolute Gasteiger partial charge is 0.260 e. The molecule has 0 amide bonds. The summed E-state index contributed by atoms with van der Waals surface area (Å²) in [5.74, 6) is 0.690. The van der Waals surface area contributed by atoms with Crippen LogP contribution in [0.5, 0.6) is 0 Å². The molecule has 1 aromatic rings. The highest BCUT2D eigenvalue weighted by Gasteiger charge is 2.24. The van der Waals surface area contributed by atoms with Gasteiger partial charge in [0.25, 0.3) is 10.0 Å². The van der Waals surface area contributed by atoms with Gasteiger partial charge in [-0.2, -0.15) is 0 Å². The van der Waals surface area contributed by atoms with Gasteiger partial charge in [-0.1, -0.05) is 26.0 Å². The fraction of sp³-hybridized carbons (Fsp3) is 0.778. The first-order valence-corrected chi connectivity index (χ1v) is 7.58. The number of sulfonamides is 1. The molecule has 8 heteroatoms. The third-order valence-corrected chi connectivity index (χ3v) is 5.04. The van der Waals surface area contributed by atoms with Crippen molar-refractivity contribution in [1.82, 2.24) is 19.7 Å². The smallest absolute Gasteiger partial charge is 0.235 e. The molecule has 0 radical (unpaired) electrons. The van der Waals surface area contributed by atoms with Crippen molar-refractivity contribution < 1.29 is 8.42 Å². The van der Waals surface area contributed by atoms with E-state index < -0.39 is 10.0 Å². The van der Waals surface area contributed by atoms with Crippen molar-refractivity contribution in [2.45, 2.75) is 25.8 Å². The summed E-state index contributed by atoms with van der Waals surface area (Å²) in [6.45, 7) is 6.52. The lowest BCUT2D eigenvalue weighted by Gasteiger charge is -2.16. The molecule has 98 valence electrons. The van der Waals surface area contributed by atoms with Gasteiger partial charge < -0.3 is 0 Å². The van der Waals surface area contributed by atoms with Gasteiger partial charge in [0.15, 0.2) is 4.60 Å². The van der Waals surface area contributed by atoms with E-state index in [2.05, 4.69) is 44.8 Å². The van der Waals surface area contributed by atoms with Crippen LogP contribution >= 0.6 is 15.9 Å². The van der Waals surface area contributed by atoms with E-state index in [1.165, 1.54) is 11.7 Å². The quantitative estimate of drug-likeness (QED) is 0.881. The molecule has 1 heterocycles. The molecule has 0 aliphatic carbocycles. The predicted molar refractivity (Wildman–Crippen MR) is 67.9 cm³/mol. The number of nitrogens with zero attached hydrogens (tertiary/aromatic N) is 3. The van der Waals surface area contributed by atoms with Gasteiger partial charge in [0.05, 0.1) is 0 Å². The average molecular weight is 325 g/mol. The lowest BCUT2D eigenvalue weighted by atomic mass is 9.99. The molecule has 0 saturated heterocycles. The van der Waals surface area contributed by atoms with Crippen LogP contribution in [0, 0.1) is 11.8 Å². The van der Waals surface area contributed by atoms with E-state index in [-0.39, 0.29) is 15.5 Å². The van der Waals surface area contributed by atoms with Crippen molar-refractivity contribution in [1.29, 1.82) is 0 Å². The minimum atomic E-state index is -3.57. The Labute approximate surface area is 110 Å². The Morgan fingerprint density at radius 1 is 1.41 bits per heavy atom. The highest BCUT2D eigenvalue weighted by atomic mass is 79.9. The second-order valence-corrected chi connectivity index (χ2v) is 6.82. The van der Waals surface area contributed by atoms with Crippen molar-refractivity contribution in [3.05, 3.63) is 4.60 Å². The summed E-state index contributed by atoms with van der Waals surface area (Å²) in [7, 11) is -2.03. The Kier molecular flexibility index (Phi) is 4.68. The predicted octanol–water partition coefficient (Wildman–Crippen LogP) is 1.15. The average Bonchev–Trinajstić information content (AvgIpc) is 2.55. The van der Waals surface area contributed by atoms with E-state index >= 15 is 0 Å². The van der Waals surface area contributed by atoms with Crippen LogP contribution in [-0.4, -0.2) is 30.0 Å². The van der Waals surface area contributed by atoms with Gasteiger partial charge in [-0.05, 0) is 27.8 Å². The van der Waals surface area contributed by atoms with Gasteiger partial charge in [-0.15, -0.1) is 5.10 Å². The Hall–Kier alpha value is -0.470. The van der Waals surface area contributed by atoms with Crippen molar-refractivity contribution in [3.8, 4) is 0 Å². The Morgan fingerprint density at radius 3 is 2.41 bits per heavy atom. The molecule has 0 saturated carbocycles. The van der Waals surface area contributed by atoms with Crippen LogP contribution in [0.1, 0.15) is 20.8 Å². The maximum absolute atomic E-state index is 12.0. The molecule has 1 N–H and O–H groups in total. The Morgan fingerprint density at radius 2 is 2.00 bits per heavy atom. The molecular formula is C9H17BrN4O2S. The molecule has 1 atom stereocenters. The summed E-state index contributed by atoms with van der Waals surface area (Å²) in [5, 5.41) is 7.35. The van der Waals surface area contributed by atoms with Gasteiger partial charge in [0.2, 0.25) is 5.03 Å². The second-order valence-electron chi connectivity index (χ2n) is 4.38. The van der Waals surface area contributed by atoms with E-state index in [1.807, 2.05) is 6.92 Å². The number of halogens is 1. The van der Waals surface area contributed by atoms with Crippen LogP contribution in [0.2, 0.25) is 0 Å². The first-order valence-electron chi connectivity index (χ1n) is 5.30.